The summed E-state index contributed by atoms with van der Waals surface area (Å²) in [4.78, 5) is 15.0. The molecule has 1 heterocycles. The maximum atomic E-state index is 13.9. The Morgan fingerprint density at radius 3 is 2.67 bits per heavy atom. The van der Waals surface area contributed by atoms with Crippen molar-refractivity contribution in [2.24, 2.45) is 0 Å². The molecule has 0 amide bonds. The minimum absolute atomic E-state index is 0.00241. The largest absolute Gasteiger partial charge is 0.476 e. The quantitative estimate of drug-likeness (QED) is 0.829. The molecule has 2 rings (SSSR count). The van der Waals surface area contributed by atoms with Crippen LogP contribution in [0.5, 0.6) is 0 Å². The van der Waals surface area contributed by atoms with Gasteiger partial charge in [0.1, 0.15) is 0 Å². The summed E-state index contributed by atoms with van der Waals surface area (Å²) in [6.07, 6.45) is 5.27. The van der Waals surface area contributed by atoms with Crippen LogP contribution in [0.4, 0.5) is 10.1 Å². The van der Waals surface area contributed by atoms with E-state index < -0.39 is 17.5 Å². The van der Waals surface area contributed by atoms with E-state index >= 15 is 0 Å². The molecule has 0 bridgehead atoms. The number of carboxylic acid groups (broad SMARTS) is 1. The molecule has 0 saturated carbocycles. The second-order valence-corrected chi connectivity index (χ2v) is 4.78. The summed E-state index contributed by atoms with van der Waals surface area (Å²) < 4.78 is 13.9. The SMILES string of the molecule is C#Cc1c(-c2cc(N)c(Cl)c(C(=O)O)n2)ccc(Cl)c1F. The lowest BCUT2D eigenvalue weighted by atomic mass is 10.0. The standard InChI is InChI=1S/C14H7Cl2FN2O2/c1-2-6-7(3-4-8(15)12(6)17)10-5-9(18)11(16)13(19-10)14(20)21/h1,3-5H,(H2,18,19)(H,20,21). The van der Waals surface area contributed by atoms with Crippen molar-refractivity contribution in [3.05, 3.63) is 45.3 Å². The molecule has 4 nitrogen and oxygen atoms in total. The lowest BCUT2D eigenvalue weighted by Gasteiger charge is -2.10. The van der Waals surface area contributed by atoms with Gasteiger partial charge in [-0.2, -0.15) is 0 Å². The van der Waals surface area contributed by atoms with Crippen LogP contribution in [-0.4, -0.2) is 16.1 Å². The molecule has 7 heteroatoms. The molecule has 0 unspecified atom stereocenters. The normalized spacial score (nSPS) is 10.2. The van der Waals surface area contributed by atoms with Gasteiger partial charge in [0.05, 0.1) is 27.0 Å². The van der Waals surface area contributed by atoms with E-state index in [1.54, 1.807) is 0 Å². The first-order valence-corrected chi connectivity index (χ1v) is 6.26. The third-order valence-corrected chi connectivity index (χ3v) is 3.39. The van der Waals surface area contributed by atoms with Crippen LogP contribution in [0, 0.1) is 18.2 Å². The van der Waals surface area contributed by atoms with Crippen molar-refractivity contribution in [3.8, 4) is 23.6 Å². The van der Waals surface area contributed by atoms with Gasteiger partial charge in [0.25, 0.3) is 0 Å². The Balaban J connectivity index is 2.78. The number of rotatable bonds is 2. The van der Waals surface area contributed by atoms with E-state index in [4.69, 9.17) is 40.5 Å². The molecule has 106 valence electrons. The van der Waals surface area contributed by atoms with E-state index in [1.165, 1.54) is 18.2 Å². The van der Waals surface area contributed by atoms with Crippen molar-refractivity contribution in [2.75, 3.05) is 5.73 Å². The summed E-state index contributed by atoms with van der Waals surface area (Å²) in [6, 6.07) is 4.04. The van der Waals surface area contributed by atoms with Gasteiger partial charge in [-0.25, -0.2) is 14.2 Å². The van der Waals surface area contributed by atoms with Crippen molar-refractivity contribution < 1.29 is 14.3 Å². The molecule has 0 aliphatic rings. The van der Waals surface area contributed by atoms with Crippen LogP contribution in [-0.2, 0) is 0 Å². The van der Waals surface area contributed by atoms with Crippen LogP contribution in [0.15, 0.2) is 18.2 Å². The number of pyridine rings is 1. The number of nitrogen functional groups attached to an aromatic ring is 1. The van der Waals surface area contributed by atoms with Gasteiger partial charge in [-0.1, -0.05) is 29.1 Å². The number of carbonyl (C=O) groups is 1. The average molecular weight is 325 g/mol. The van der Waals surface area contributed by atoms with Crippen molar-refractivity contribution >= 4 is 34.9 Å². The van der Waals surface area contributed by atoms with Gasteiger partial charge in [-0.15, -0.1) is 6.42 Å². The molecule has 0 spiro atoms. The van der Waals surface area contributed by atoms with E-state index in [1.807, 2.05) is 0 Å². The Kier molecular flexibility index (Phi) is 4.03. The fourth-order valence-electron chi connectivity index (χ4n) is 1.73. The molecule has 0 fully saturated rings. The average Bonchev–Trinajstić information content (AvgIpc) is 2.44. The van der Waals surface area contributed by atoms with Crippen LogP contribution in [0.25, 0.3) is 11.3 Å². The lowest BCUT2D eigenvalue weighted by molar-refractivity contribution is 0.0691. The number of halogens is 3. The van der Waals surface area contributed by atoms with Gasteiger partial charge in [-0.3, -0.25) is 0 Å². The number of nitrogens with zero attached hydrogens (tertiary/aromatic N) is 1. The second-order valence-electron chi connectivity index (χ2n) is 3.99. The summed E-state index contributed by atoms with van der Waals surface area (Å²) in [5, 5.41) is 8.71. The number of aromatic carboxylic acids is 1. The highest BCUT2D eigenvalue weighted by molar-refractivity contribution is 6.35. The van der Waals surface area contributed by atoms with Crippen LogP contribution >= 0.6 is 23.2 Å². The molecule has 21 heavy (non-hydrogen) atoms. The Morgan fingerprint density at radius 2 is 2.10 bits per heavy atom. The summed E-state index contributed by atoms with van der Waals surface area (Å²) in [6.45, 7) is 0. The highest BCUT2D eigenvalue weighted by Crippen LogP contribution is 2.32. The molecule has 3 N–H and O–H groups in total. The van der Waals surface area contributed by atoms with Crippen LogP contribution in [0.3, 0.4) is 0 Å². The van der Waals surface area contributed by atoms with Crippen LogP contribution < -0.4 is 5.73 Å². The molecule has 1 aromatic carbocycles. The van der Waals surface area contributed by atoms with Gasteiger partial charge in [0.2, 0.25) is 0 Å². The molecule has 0 aliphatic heterocycles. The van der Waals surface area contributed by atoms with Crippen molar-refractivity contribution in [3.63, 3.8) is 0 Å². The van der Waals surface area contributed by atoms with E-state index in [9.17, 15) is 9.18 Å². The Bertz CT molecular complexity index is 801. The first kappa shape index (κ1) is 15.1. The molecular formula is C14H7Cl2FN2O2. The molecule has 0 saturated heterocycles. The predicted octanol–water partition coefficient (Wildman–Crippen LogP) is 3.46. The van der Waals surface area contributed by atoms with Gasteiger partial charge in [-0.05, 0) is 18.2 Å². The summed E-state index contributed by atoms with van der Waals surface area (Å²) in [5.41, 5.74) is 5.37. The number of terminal acetylenes is 1. The zero-order chi connectivity index (χ0) is 15.7. The van der Waals surface area contributed by atoms with Crippen LogP contribution in [0.2, 0.25) is 10.0 Å². The van der Waals surface area contributed by atoms with Gasteiger partial charge >= 0.3 is 5.97 Å². The summed E-state index contributed by atoms with van der Waals surface area (Å²) in [7, 11) is 0. The van der Waals surface area contributed by atoms with E-state index in [0.717, 1.165) is 0 Å². The molecular weight excluding hydrogens is 318 g/mol. The smallest absolute Gasteiger partial charge is 0.356 e. The molecule has 0 atom stereocenters. The van der Waals surface area contributed by atoms with Crippen molar-refractivity contribution in [2.45, 2.75) is 0 Å². The van der Waals surface area contributed by atoms with Crippen molar-refractivity contribution in [1.29, 1.82) is 0 Å². The number of aromatic nitrogens is 1. The number of carboxylic acids is 1. The van der Waals surface area contributed by atoms with Gasteiger partial charge < -0.3 is 10.8 Å². The number of benzene rings is 1. The number of nitrogens with two attached hydrogens (primary N) is 1. The first-order chi connectivity index (χ1) is 9.86. The Labute approximate surface area is 129 Å². The van der Waals surface area contributed by atoms with Gasteiger partial charge in [0, 0.05) is 5.56 Å². The molecule has 0 aliphatic carbocycles. The van der Waals surface area contributed by atoms with Crippen LogP contribution in [0.1, 0.15) is 16.1 Å². The topological polar surface area (TPSA) is 76.2 Å². The summed E-state index contributed by atoms with van der Waals surface area (Å²) in [5.74, 6) is 0.0209. The highest BCUT2D eigenvalue weighted by Gasteiger charge is 2.19. The number of hydrogen-bond donors (Lipinski definition) is 2. The van der Waals surface area contributed by atoms with Gasteiger partial charge in [0.15, 0.2) is 11.5 Å². The van der Waals surface area contributed by atoms with E-state index in [0.29, 0.717) is 0 Å². The fourth-order valence-corrected chi connectivity index (χ4v) is 2.07. The highest BCUT2D eigenvalue weighted by atomic mass is 35.5. The summed E-state index contributed by atoms with van der Waals surface area (Å²) >= 11 is 11.4. The molecule has 2 aromatic rings. The lowest BCUT2D eigenvalue weighted by Crippen LogP contribution is -2.06. The number of anilines is 1. The zero-order valence-corrected chi connectivity index (χ0v) is 11.8. The van der Waals surface area contributed by atoms with Crippen molar-refractivity contribution in [1.82, 2.24) is 4.98 Å². The van der Waals surface area contributed by atoms with E-state index in [-0.39, 0.29) is 32.6 Å². The minimum atomic E-state index is -1.36. The fraction of sp³-hybridized carbons (Fsp3) is 0. The Hall–Kier alpha value is -2.29. The zero-order valence-electron chi connectivity index (χ0n) is 10.3. The third-order valence-electron chi connectivity index (χ3n) is 2.70. The predicted molar refractivity (Wildman–Crippen MR) is 79.0 cm³/mol. The number of hydrogen-bond acceptors (Lipinski definition) is 3. The molecule has 1 aromatic heterocycles. The van der Waals surface area contributed by atoms with E-state index in [2.05, 4.69) is 10.9 Å². The monoisotopic (exact) mass is 324 g/mol. The second kappa shape index (κ2) is 5.60. The molecule has 0 radical (unpaired) electrons. The maximum Gasteiger partial charge on any atom is 0.356 e. The minimum Gasteiger partial charge on any atom is -0.476 e. The third kappa shape index (κ3) is 2.64. The Morgan fingerprint density at radius 1 is 1.43 bits per heavy atom. The first-order valence-electron chi connectivity index (χ1n) is 5.51. The maximum absolute atomic E-state index is 13.9.